The van der Waals surface area contributed by atoms with Gasteiger partial charge in [-0.1, -0.05) is 71.9 Å². The summed E-state index contributed by atoms with van der Waals surface area (Å²) in [4.78, 5) is 12.9. The molecule has 1 aliphatic carbocycles. The molecule has 142 valence electrons. The van der Waals surface area contributed by atoms with E-state index in [4.69, 9.17) is 0 Å². The van der Waals surface area contributed by atoms with Crippen LogP contribution in [0.3, 0.4) is 0 Å². The van der Waals surface area contributed by atoms with Gasteiger partial charge in [-0.25, -0.2) is 0 Å². The summed E-state index contributed by atoms with van der Waals surface area (Å²) in [5.41, 5.74) is 4.26. The third kappa shape index (κ3) is 5.46. The molecule has 0 bridgehead atoms. The molecule has 1 aliphatic rings. The monoisotopic (exact) mass is 362 g/mol. The molecule has 1 aromatic carbocycles. The maximum Gasteiger partial charge on any atom is 0.186 e. The van der Waals surface area contributed by atoms with E-state index in [9.17, 15) is 4.79 Å². The van der Waals surface area contributed by atoms with Gasteiger partial charge >= 0.3 is 0 Å². The number of allylic oxidation sites excluding steroid dienone is 6. The molecular formula is C24H30N2O. The minimum absolute atomic E-state index is 0.129. The quantitative estimate of drug-likeness (QED) is 0.538. The van der Waals surface area contributed by atoms with E-state index in [1.54, 1.807) is 12.4 Å². The largest absolute Gasteiger partial charge is 0.289 e. The van der Waals surface area contributed by atoms with Gasteiger partial charge in [-0.05, 0) is 46.6 Å². The van der Waals surface area contributed by atoms with Crippen LogP contribution in [0.2, 0.25) is 0 Å². The van der Waals surface area contributed by atoms with Gasteiger partial charge in [-0.2, -0.15) is 10.2 Å². The number of azo groups is 1. The SMILES string of the molecule is C/C(=C\N=N\C=C1C=C(C(C)(C)C)C(=O)C(C(C)(C)C)=C1)c1ccccc1. The van der Waals surface area contributed by atoms with Crippen molar-refractivity contribution in [2.75, 3.05) is 0 Å². The average Bonchev–Trinajstić information content (AvgIpc) is 2.58. The van der Waals surface area contributed by atoms with Crippen molar-refractivity contribution in [3.8, 4) is 0 Å². The van der Waals surface area contributed by atoms with Crippen LogP contribution in [0, 0.1) is 10.8 Å². The second-order valence-electron chi connectivity index (χ2n) is 8.98. The number of benzene rings is 1. The van der Waals surface area contributed by atoms with Crippen LogP contribution in [0.25, 0.3) is 5.57 Å². The Morgan fingerprint density at radius 3 is 1.85 bits per heavy atom. The lowest BCUT2D eigenvalue weighted by Crippen LogP contribution is -2.27. The van der Waals surface area contributed by atoms with Crippen molar-refractivity contribution in [3.05, 3.63) is 77.2 Å². The highest BCUT2D eigenvalue weighted by Crippen LogP contribution is 2.38. The lowest BCUT2D eigenvalue weighted by molar-refractivity contribution is -0.114. The number of ketones is 1. The Bertz CT molecular complexity index is 816. The highest BCUT2D eigenvalue weighted by molar-refractivity contribution is 6.11. The molecule has 0 spiro atoms. The topological polar surface area (TPSA) is 41.8 Å². The van der Waals surface area contributed by atoms with Crippen molar-refractivity contribution >= 4 is 11.4 Å². The fraction of sp³-hybridized carbons (Fsp3) is 0.375. The number of carbonyl (C=O) groups excluding carboxylic acids is 1. The van der Waals surface area contributed by atoms with Gasteiger partial charge < -0.3 is 0 Å². The van der Waals surface area contributed by atoms with E-state index in [1.807, 2.05) is 49.4 Å². The molecule has 0 aromatic heterocycles. The van der Waals surface area contributed by atoms with Crippen LogP contribution in [0.15, 0.2) is 81.8 Å². The lowest BCUT2D eigenvalue weighted by atomic mass is 9.72. The molecule has 3 nitrogen and oxygen atoms in total. The Morgan fingerprint density at radius 1 is 0.852 bits per heavy atom. The van der Waals surface area contributed by atoms with Crippen molar-refractivity contribution in [3.63, 3.8) is 0 Å². The summed E-state index contributed by atoms with van der Waals surface area (Å²) in [6.07, 6.45) is 7.34. The predicted molar refractivity (Wildman–Crippen MR) is 113 cm³/mol. The molecule has 0 heterocycles. The van der Waals surface area contributed by atoms with Crippen LogP contribution in [0.1, 0.15) is 54.0 Å². The van der Waals surface area contributed by atoms with Crippen LogP contribution in [0.4, 0.5) is 0 Å². The fourth-order valence-corrected chi connectivity index (χ4v) is 2.84. The zero-order valence-corrected chi connectivity index (χ0v) is 17.5. The van der Waals surface area contributed by atoms with Gasteiger partial charge in [-0.3, -0.25) is 4.79 Å². The Labute approximate surface area is 163 Å². The van der Waals surface area contributed by atoms with Gasteiger partial charge in [0.15, 0.2) is 5.78 Å². The highest BCUT2D eigenvalue weighted by atomic mass is 16.1. The molecule has 0 amide bonds. The summed E-state index contributed by atoms with van der Waals surface area (Å²) in [5, 5.41) is 8.38. The first-order valence-corrected chi connectivity index (χ1v) is 9.31. The number of Topliss-reactive ketones (excluding diaryl/α,β-unsaturated/α-hetero) is 1. The Kier molecular flexibility index (Phi) is 6.15. The van der Waals surface area contributed by atoms with Gasteiger partial charge in [0.1, 0.15) is 0 Å². The first-order valence-electron chi connectivity index (χ1n) is 9.31. The van der Waals surface area contributed by atoms with Crippen LogP contribution in [0.5, 0.6) is 0 Å². The molecule has 0 unspecified atom stereocenters. The summed E-state index contributed by atoms with van der Waals surface area (Å²) in [7, 11) is 0. The lowest BCUT2D eigenvalue weighted by Gasteiger charge is -2.31. The third-order valence-corrected chi connectivity index (χ3v) is 4.48. The standard InChI is InChI=1S/C24H30N2O/c1-17(19-11-9-8-10-12-19)15-25-26-16-18-13-20(23(2,3)4)22(27)21(14-18)24(5,6)7/h8-16H,1-7H3/b17-15+,26-25+. The van der Waals surface area contributed by atoms with E-state index in [0.29, 0.717) is 0 Å². The predicted octanol–water partition coefficient (Wildman–Crippen LogP) is 6.91. The van der Waals surface area contributed by atoms with E-state index < -0.39 is 0 Å². The van der Waals surface area contributed by atoms with Gasteiger partial charge in [-0.15, -0.1) is 0 Å². The van der Waals surface area contributed by atoms with E-state index in [0.717, 1.165) is 27.9 Å². The molecule has 0 N–H and O–H groups in total. The maximum absolute atomic E-state index is 12.9. The molecule has 0 fully saturated rings. The Hall–Kier alpha value is -2.55. The molecule has 2 rings (SSSR count). The van der Waals surface area contributed by atoms with Crippen molar-refractivity contribution in [2.45, 2.75) is 48.5 Å². The molecular weight excluding hydrogens is 332 g/mol. The van der Waals surface area contributed by atoms with E-state index in [1.165, 1.54) is 0 Å². The van der Waals surface area contributed by atoms with Gasteiger partial charge in [0, 0.05) is 11.1 Å². The van der Waals surface area contributed by atoms with Crippen LogP contribution in [-0.2, 0) is 4.79 Å². The van der Waals surface area contributed by atoms with E-state index in [2.05, 4.69) is 51.8 Å². The highest BCUT2D eigenvalue weighted by Gasteiger charge is 2.33. The normalized spacial score (nSPS) is 16.5. The van der Waals surface area contributed by atoms with Crippen molar-refractivity contribution in [1.82, 2.24) is 0 Å². The molecule has 0 atom stereocenters. The minimum atomic E-state index is -0.220. The molecule has 0 saturated carbocycles. The Morgan fingerprint density at radius 2 is 1.37 bits per heavy atom. The smallest absolute Gasteiger partial charge is 0.186 e. The summed E-state index contributed by atoms with van der Waals surface area (Å²) < 4.78 is 0. The molecule has 3 heteroatoms. The van der Waals surface area contributed by atoms with Gasteiger partial charge in [0.05, 0.1) is 12.4 Å². The van der Waals surface area contributed by atoms with Crippen molar-refractivity contribution < 1.29 is 4.79 Å². The molecule has 27 heavy (non-hydrogen) atoms. The third-order valence-electron chi connectivity index (χ3n) is 4.48. The minimum Gasteiger partial charge on any atom is -0.289 e. The second kappa shape index (κ2) is 7.99. The summed E-state index contributed by atoms with van der Waals surface area (Å²) in [6, 6.07) is 10.1. The summed E-state index contributed by atoms with van der Waals surface area (Å²) in [5.74, 6) is 0.129. The van der Waals surface area contributed by atoms with E-state index in [-0.39, 0.29) is 16.6 Å². The van der Waals surface area contributed by atoms with Crippen LogP contribution >= 0.6 is 0 Å². The number of hydrogen-bond donors (Lipinski definition) is 0. The maximum atomic E-state index is 12.9. The van der Waals surface area contributed by atoms with Crippen LogP contribution < -0.4 is 0 Å². The molecule has 0 radical (unpaired) electrons. The zero-order valence-electron chi connectivity index (χ0n) is 17.5. The number of hydrogen-bond acceptors (Lipinski definition) is 3. The van der Waals surface area contributed by atoms with Gasteiger partial charge in [0.25, 0.3) is 0 Å². The molecule has 0 aliphatic heterocycles. The zero-order chi connectivity index (χ0) is 20.2. The van der Waals surface area contributed by atoms with Crippen LogP contribution in [-0.4, -0.2) is 5.78 Å². The van der Waals surface area contributed by atoms with Crippen molar-refractivity contribution in [2.24, 2.45) is 21.1 Å². The number of nitrogens with zero attached hydrogens (tertiary/aromatic N) is 2. The second-order valence-corrected chi connectivity index (χ2v) is 8.98. The average molecular weight is 363 g/mol. The van der Waals surface area contributed by atoms with Gasteiger partial charge in [0.2, 0.25) is 0 Å². The first kappa shape index (κ1) is 20.8. The number of rotatable bonds is 3. The number of carbonyl (C=O) groups is 1. The van der Waals surface area contributed by atoms with Crippen molar-refractivity contribution in [1.29, 1.82) is 0 Å². The summed E-state index contributed by atoms with van der Waals surface area (Å²) >= 11 is 0. The Balaban J connectivity index is 2.32. The molecule has 0 saturated heterocycles. The molecule has 1 aromatic rings. The summed E-state index contributed by atoms with van der Waals surface area (Å²) in [6.45, 7) is 14.4. The van der Waals surface area contributed by atoms with E-state index >= 15 is 0 Å². The fourth-order valence-electron chi connectivity index (χ4n) is 2.84. The first-order chi connectivity index (χ1) is 12.5.